The second-order valence-corrected chi connectivity index (χ2v) is 9.60. The molecule has 1 unspecified atom stereocenters. The predicted octanol–water partition coefficient (Wildman–Crippen LogP) is 8.92. The third-order valence-electron chi connectivity index (χ3n) is 4.98. The molecule has 1 aromatic rings. The SMILES string of the molecule is CCCCCCCCC(CCCCCCc1ccccc1)C(Cl)(Cl)Cl. The molecule has 1 aromatic carbocycles. The summed E-state index contributed by atoms with van der Waals surface area (Å²) >= 11 is 18.6. The summed E-state index contributed by atoms with van der Waals surface area (Å²) in [5, 5.41) is 0. The minimum absolute atomic E-state index is 0.206. The summed E-state index contributed by atoms with van der Waals surface area (Å²) in [6.45, 7) is 2.25. The number of alkyl halides is 3. The van der Waals surface area contributed by atoms with E-state index in [1.807, 2.05) is 0 Å². The van der Waals surface area contributed by atoms with Crippen LogP contribution in [-0.2, 0) is 6.42 Å². The first-order valence-electron chi connectivity index (χ1n) is 10.1. The lowest BCUT2D eigenvalue weighted by Gasteiger charge is -2.24. The van der Waals surface area contributed by atoms with E-state index in [9.17, 15) is 0 Å². The van der Waals surface area contributed by atoms with Crippen LogP contribution in [0.15, 0.2) is 30.3 Å². The lowest BCUT2D eigenvalue weighted by atomic mass is 9.95. The fraction of sp³-hybridized carbons (Fsp3) is 0.727. The molecule has 1 atom stereocenters. The summed E-state index contributed by atoms with van der Waals surface area (Å²) in [7, 11) is 0. The van der Waals surface area contributed by atoms with E-state index in [1.54, 1.807) is 0 Å². The minimum Gasteiger partial charge on any atom is -0.0834 e. The Balaban J connectivity index is 2.11. The lowest BCUT2D eigenvalue weighted by molar-refractivity contribution is 0.408. The van der Waals surface area contributed by atoms with Crippen molar-refractivity contribution in [1.82, 2.24) is 0 Å². The van der Waals surface area contributed by atoms with Gasteiger partial charge in [0.2, 0.25) is 0 Å². The first-order chi connectivity index (χ1) is 12.0. The Labute approximate surface area is 170 Å². The van der Waals surface area contributed by atoms with Crippen molar-refractivity contribution < 1.29 is 0 Å². The van der Waals surface area contributed by atoms with E-state index in [0.717, 1.165) is 12.8 Å². The van der Waals surface area contributed by atoms with Crippen molar-refractivity contribution in [2.45, 2.75) is 94.2 Å². The van der Waals surface area contributed by atoms with Crippen molar-refractivity contribution in [1.29, 1.82) is 0 Å². The number of unbranched alkanes of at least 4 members (excludes halogenated alkanes) is 8. The third kappa shape index (κ3) is 12.2. The van der Waals surface area contributed by atoms with Crippen LogP contribution in [-0.4, -0.2) is 3.79 Å². The molecule has 3 heteroatoms. The molecule has 0 bridgehead atoms. The fourth-order valence-corrected chi connectivity index (χ4v) is 4.02. The van der Waals surface area contributed by atoms with E-state index in [2.05, 4.69) is 37.3 Å². The molecule has 25 heavy (non-hydrogen) atoms. The molecular formula is C22H35Cl3. The van der Waals surface area contributed by atoms with Gasteiger partial charge in [0.05, 0.1) is 0 Å². The largest absolute Gasteiger partial charge is 0.193 e. The molecule has 0 aliphatic rings. The minimum atomic E-state index is -1.10. The number of benzene rings is 1. The van der Waals surface area contributed by atoms with Gasteiger partial charge in [-0.2, -0.15) is 0 Å². The van der Waals surface area contributed by atoms with E-state index in [0.29, 0.717) is 0 Å². The zero-order valence-electron chi connectivity index (χ0n) is 15.8. The van der Waals surface area contributed by atoms with Crippen molar-refractivity contribution >= 4 is 34.8 Å². The van der Waals surface area contributed by atoms with Gasteiger partial charge in [-0.3, -0.25) is 0 Å². The second kappa shape index (κ2) is 14.2. The maximum absolute atomic E-state index is 6.21. The zero-order valence-corrected chi connectivity index (χ0v) is 18.1. The molecule has 144 valence electrons. The van der Waals surface area contributed by atoms with Crippen LogP contribution >= 0.6 is 34.8 Å². The van der Waals surface area contributed by atoms with Gasteiger partial charge < -0.3 is 0 Å². The molecule has 0 aliphatic heterocycles. The summed E-state index contributed by atoms with van der Waals surface area (Å²) in [4.78, 5) is 0. The zero-order chi connectivity index (χ0) is 18.4. The Kier molecular flexibility index (Phi) is 13.1. The number of hydrogen-bond acceptors (Lipinski definition) is 0. The first kappa shape index (κ1) is 23.1. The molecule has 0 saturated carbocycles. The number of hydrogen-bond donors (Lipinski definition) is 0. The first-order valence-corrected chi connectivity index (χ1v) is 11.3. The van der Waals surface area contributed by atoms with E-state index >= 15 is 0 Å². The second-order valence-electron chi connectivity index (χ2n) is 7.23. The van der Waals surface area contributed by atoms with Gasteiger partial charge in [-0.15, -0.1) is 0 Å². The molecular weight excluding hydrogens is 371 g/mol. The molecule has 0 radical (unpaired) electrons. The molecule has 0 saturated heterocycles. The molecule has 0 aliphatic carbocycles. The van der Waals surface area contributed by atoms with Crippen LogP contribution in [0, 0.1) is 5.92 Å². The monoisotopic (exact) mass is 404 g/mol. The summed E-state index contributed by atoms with van der Waals surface area (Å²) in [6, 6.07) is 10.7. The van der Waals surface area contributed by atoms with Gasteiger partial charge in [-0.05, 0) is 31.2 Å². The van der Waals surface area contributed by atoms with Crippen LogP contribution in [0.5, 0.6) is 0 Å². The molecule has 0 nitrogen and oxygen atoms in total. The molecule has 0 N–H and O–H groups in total. The van der Waals surface area contributed by atoms with Crippen LogP contribution in [0.3, 0.4) is 0 Å². The van der Waals surface area contributed by atoms with Gasteiger partial charge in [0, 0.05) is 5.92 Å². The van der Waals surface area contributed by atoms with Gasteiger partial charge >= 0.3 is 0 Å². The van der Waals surface area contributed by atoms with Gasteiger partial charge in [0.15, 0.2) is 3.79 Å². The summed E-state index contributed by atoms with van der Waals surface area (Å²) in [5.74, 6) is 0.206. The van der Waals surface area contributed by atoms with Gasteiger partial charge in [0.1, 0.15) is 0 Å². The van der Waals surface area contributed by atoms with E-state index < -0.39 is 3.79 Å². The highest BCUT2D eigenvalue weighted by Gasteiger charge is 2.31. The topological polar surface area (TPSA) is 0 Å². The average Bonchev–Trinajstić information content (AvgIpc) is 2.58. The van der Waals surface area contributed by atoms with E-state index in [1.165, 1.54) is 76.2 Å². The van der Waals surface area contributed by atoms with Gasteiger partial charge in [0.25, 0.3) is 0 Å². The third-order valence-corrected chi connectivity index (χ3v) is 5.91. The van der Waals surface area contributed by atoms with Crippen molar-refractivity contribution in [3.63, 3.8) is 0 Å². The summed E-state index contributed by atoms with van der Waals surface area (Å²) in [6.07, 6.45) is 15.9. The highest BCUT2D eigenvalue weighted by atomic mass is 35.6. The summed E-state index contributed by atoms with van der Waals surface area (Å²) < 4.78 is -1.10. The number of halogens is 3. The normalized spacial score (nSPS) is 13.1. The predicted molar refractivity (Wildman–Crippen MR) is 115 cm³/mol. The van der Waals surface area contributed by atoms with Crippen LogP contribution in [0.2, 0.25) is 0 Å². The Bertz CT molecular complexity index is 411. The van der Waals surface area contributed by atoms with Crippen LogP contribution < -0.4 is 0 Å². The number of rotatable bonds is 14. The summed E-state index contributed by atoms with van der Waals surface area (Å²) in [5.41, 5.74) is 1.43. The lowest BCUT2D eigenvalue weighted by Crippen LogP contribution is -2.19. The molecule has 0 heterocycles. The maximum Gasteiger partial charge on any atom is 0.193 e. The quantitative estimate of drug-likeness (QED) is 0.214. The number of aryl methyl sites for hydroxylation is 1. The van der Waals surface area contributed by atoms with Crippen molar-refractivity contribution in [3.05, 3.63) is 35.9 Å². The smallest absolute Gasteiger partial charge is 0.0834 e. The molecule has 0 amide bonds. The molecule has 0 fully saturated rings. The average molecular weight is 406 g/mol. The van der Waals surface area contributed by atoms with Gasteiger partial charge in [-0.1, -0.05) is 130 Å². The van der Waals surface area contributed by atoms with Crippen LogP contribution in [0.25, 0.3) is 0 Å². The maximum atomic E-state index is 6.21. The van der Waals surface area contributed by atoms with Crippen molar-refractivity contribution in [2.24, 2.45) is 5.92 Å². The Morgan fingerprint density at radius 3 is 1.80 bits per heavy atom. The highest BCUT2D eigenvalue weighted by molar-refractivity contribution is 6.67. The van der Waals surface area contributed by atoms with E-state index in [4.69, 9.17) is 34.8 Å². The fourth-order valence-electron chi connectivity index (χ4n) is 3.36. The van der Waals surface area contributed by atoms with Crippen molar-refractivity contribution in [2.75, 3.05) is 0 Å². The molecule has 1 rings (SSSR count). The Morgan fingerprint density at radius 2 is 1.24 bits per heavy atom. The van der Waals surface area contributed by atoms with Crippen molar-refractivity contribution in [3.8, 4) is 0 Å². The van der Waals surface area contributed by atoms with E-state index in [-0.39, 0.29) is 5.92 Å². The van der Waals surface area contributed by atoms with Gasteiger partial charge in [-0.25, -0.2) is 0 Å². The molecule has 0 spiro atoms. The van der Waals surface area contributed by atoms with Crippen LogP contribution in [0.4, 0.5) is 0 Å². The standard InChI is InChI=1S/C22H35Cl3/c1-2-3-4-5-6-13-18-21(22(23,24)25)19-14-8-7-10-15-20-16-11-9-12-17-20/h9,11-12,16-17,21H,2-8,10,13-15,18-19H2,1H3. The van der Waals surface area contributed by atoms with Crippen LogP contribution in [0.1, 0.15) is 89.5 Å². The molecule has 0 aromatic heterocycles. The highest BCUT2D eigenvalue weighted by Crippen LogP contribution is 2.41. The Hall–Kier alpha value is 0.0900. The Morgan fingerprint density at radius 1 is 0.720 bits per heavy atom.